The molecular weight excluding hydrogens is 190 g/mol. The number of aromatic amines is 1. The molecule has 15 heavy (non-hydrogen) atoms. The number of rotatable bonds is 2. The van der Waals surface area contributed by atoms with Crippen LogP contribution >= 0.6 is 0 Å². The fourth-order valence-electron chi connectivity index (χ4n) is 1.98. The standard InChI is InChI=1S/C12H13NO2/c1-3-8-11(12(14)15)10-7(2)5-4-6-9(10)13-8/h4-6,13H,3H2,1-2H3,(H,14,15). The molecule has 3 heteroatoms. The molecule has 0 aliphatic heterocycles. The Hall–Kier alpha value is -1.77. The number of H-pyrrole nitrogens is 1. The third-order valence-electron chi connectivity index (χ3n) is 2.68. The number of benzene rings is 1. The molecule has 1 aromatic heterocycles. The number of fused-ring (bicyclic) bond motifs is 1. The van der Waals surface area contributed by atoms with Gasteiger partial charge in [-0.3, -0.25) is 0 Å². The molecule has 1 aromatic carbocycles. The summed E-state index contributed by atoms with van der Waals surface area (Å²) in [5.74, 6) is -0.854. The van der Waals surface area contributed by atoms with Gasteiger partial charge in [-0.2, -0.15) is 0 Å². The predicted molar refractivity (Wildman–Crippen MR) is 59.4 cm³/mol. The third kappa shape index (κ3) is 1.40. The molecule has 3 nitrogen and oxygen atoms in total. The number of carboxylic acids is 1. The number of hydrogen-bond donors (Lipinski definition) is 2. The maximum absolute atomic E-state index is 11.2. The topological polar surface area (TPSA) is 53.1 Å². The molecule has 2 aromatic rings. The van der Waals surface area contributed by atoms with Gasteiger partial charge < -0.3 is 10.1 Å². The Morgan fingerprint density at radius 2 is 2.20 bits per heavy atom. The summed E-state index contributed by atoms with van der Waals surface area (Å²) < 4.78 is 0. The minimum atomic E-state index is -0.854. The van der Waals surface area contributed by atoms with E-state index in [1.807, 2.05) is 32.0 Å². The van der Waals surface area contributed by atoms with Gasteiger partial charge in [0, 0.05) is 16.6 Å². The summed E-state index contributed by atoms with van der Waals surface area (Å²) in [6.07, 6.45) is 0.704. The summed E-state index contributed by atoms with van der Waals surface area (Å²) >= 11 is 0. The average Bonchev–Trinajstić information content (AvgIpc) is 2.57. The largest absolute Gasteiger partial charge is 0.478 e. The van der Waals surface area contributed by atoms with Crippen LogP contribution in [-0.4, -0.2) is 16.1 Å². The first-order chi connectivity index (χ1) is 7.15. The molecule has 2 N–H and O–H groups in total. The lowest BCUT2D eigenvalue weighted by atomic mass is 10.1. The van der Waals surface area contributed by atoms with Crippen LogP contribution in [0.1, 0.15) is 28.5 Å². The second-order valence-corrected chi connectivity index (χ2v) is 3.63. The molecule has 0 unspecified atom stereocenters. The smallest absolute Gasteiger partial charge is 0.338 e. The summed E-state index contributed by atoms with van der Waals surface area (Å²) in [6, 6.07) is 5.77. The molecule has 78 valence electrons. The van der Waals surface area contributed by atoms with Gasteiger partial charge in [0.05, 0.1) is 5.56 Å². The molecule has 0 radical (unpaired) electrons. The monoisotopic (exact) mass is 203 g/mol. The van der Waals surface area contributed by atoms with Crippen LogP contribution < -0.4 is 0 Å². The predicted octanol–water partition coefficient (Wildman–Crippen LogP) is 2.74. The molecule has 0 aliphatic carbocycles. The molecule has 2 rings (SSSR count). The number of nitrogens with one attached hydrogen (secondary N) is 1. The van der Waals surface area contributed by atoms with Crippen molar-refractivity contribution in [1.82, 2.24) is 4.98 Å². The quantitative estimate of drug-likeness (QED) is 0.788. The van der Waals surface area contributed by atoms with Crippen LogP contribution in [0, 0.1) is 6.92 Å². The van der Waals surface area contributed by atoms with E-state index >= 15 is 0 Å². The zero-order valence-corrected chi connectivity index (χ0v) is 8.79. The zero-order chi connectivity index (χ0) is 11.0. The van der Waals surface area contributed by atoms with E-state index < -0.39 is 5.97 Å². The number of carbonyl (C=O) groups is 1. The van der Waals surface area contributed by atoms with Gasteiger partial charge in [0.25, 0.3) is 0 Å². The first-order valence-electron chi connectivity index (χ1n) is 4.98. The van der Waals surface area contributed by atoms with Crippen molar-refractivity contribution in [3.8, 4) is 0 Å². The van der Waals surface area contributed by atoms with Gasteiger partial charge in [-0.15, -0.1) is 0 Å². The maximum Gasteiger partial charge on any atom is 0.338 e. The lowest BCUT2D eigenvalue weighted by molar-refractivity contribution is 0.0698. The molecular formula is C12H13NO2. The lowest BCUT2D eigenvalue weighted by Gasteiger charge is -1.98. The number of hydrogen-bond acceptors (Lipinski definition) is 1. The van der Waals surface area contributed by atoms with E-state index in [9.17, 15) is 9.90 Å². The van der Waals surface area contributed by atoms with E-state index in [1.54, 1.807) is 0 Å². The fourth-order valence-corrected chi connectivity index (χ4v) is 1.98. The summed E-state index contributed by atoms with van der Waals surface area (Å²) in [5, 5.41) is 10.0. The number of aromatic nitrogens is 1. The SMILES string of the molecule is CCc1[nH]c2cccc(C)c2c1C(=O)O. The first kappa shape index (κ1) is 9.77. The van der Waals surface area contributed by atoms with Crippen molar-refractivity contribution in [3.05, 3.63) is 35.0 Å². The molecule has 0 fully saturated rings. The van der Waals surface area contributed by atoms with Gasteiger partial charge in [-0.25, -0.2) is 4.79 Å². The van der Waals surface area contributed by atoms with Crippen molar-refractivity contribution < 1.29 is 9.90 Å². The normalized spacial score (nSPS) is 10.8. The molecule has 0 spiro atoms. The highest BCUT2D eigenvalue weighted by atomic mass is 16.4. The van der Waals surface area contributed by atoms with Crippen molar-refractivity contribution in [2.24, 2.45) is 0 Å². The summed E-state index contributed by atoms with van der Waals surface area (Å²) in [5.41, 5.74) is 3.13. The Balaban J connectivity index is 2.88. The van der Waals surface area contributed by atoms with E-state index in [0.29, 0.717) is 12.0 Å². The van der Waals surface area contributed by atoms with Crippen molar-refractivity contribution in [3.63, 3.8) is 0 Å². The molecule has 0 aliphatic rings. The van der Waals surface area contributed by atoms with Crippen molar-refractivity contribution >= 4 is 16.9 Å². The minimum Gasteiger partial charge on any atom is -0.478 e. The van der Waals surface area contributed by atoms with Gasteiger partial charge >= 0.3 is 5.97 Å². The fraction of sp³-hybridized carbons (Fsp3) is 0.250. The lowest BCUT2D eigenvalue weighted by Crippen LogP contribution is -2.00. The van der Waals surface area contributed by atoms with Crippen LogP contribution in [-0.2, 0) is 6.42 Å². The molecule has 0 amide bonds. The van der Waals surface area contributed by atoms with E-state index in [1.165, 1.54) is 0 Å². The second kappa shape index (κ2) is 3.42. The Labute approximate surface area is 87.7 Å². The van der Waals surface area contributed by atoms with Gasteiger partial charge in [0.2, 0.25) is 0 Å². The van der Waals surface area contributed by atoms with E-state index in [-0.39, 0.29) is 0 Å². The van der Waals surface area contributed by atoms with Gasteiger partial charge in [-0.1, -0.05) is 19.1 Å². The Kier molecular flexibility index (Phi) is 2.23. The van der Waals surface area contributed by atoms with Crippen LogP contribution in [0.2, 0.25) is 0 Å². The summed E-state index contributed by atoms with van der Waals surface area (Å²) in [4.78, 5) is 14.3. The van der Waals surface area contributed by atoms with E-state index in [4.69, 9.17) is 0 Å². The number of carboxylic acid groups (broad SMARTS) is 1. The average molecular weight is 203 g/mol. The van der Waals surface area contributed by atoms with E-state index in [2.05, 4.69) is 4.98 Å². The van der Waals surface area contributed by atoms with Crippen LogP contribution in [0.3, 0.4) is 0 Å². The Morgan fingerprint density at radius 3 is 2.80 bits per heavy atom. The highest BCUT2D eigenvalue weighted by Gasteiger charge is 2.17. The maximum atomic E-state index is 11.2. The number of aromatic carboxylic acids is 1. The van der Waals surface area contributed by atoms with Crippen molar-refractivity contribution in [2.75, 3.05) is 0 Å². The zero-order valence-electron chi connectivity index (χ0n) is 8.79. The van der Waals surface area contributed by atoms with Gasteiger partial charge in [0.1, 0.15) is 0 Å². The number of aryl methyl sites for hydroxylation is 2. The minimum absolute atomic E-state index is 0.422. The third-order valence-corrected chi connectivity index (χ3v) is 2.68. The summed E-state index contributed by atoms with van der Waals surface area (Å²) in [6.45, 7) is 3.88. The van der Waals surface area contributed by atoms with Crippen LogP contribution in [0.15, 0.2) is 18.2 Å². The van der Waals surface area contributed by atoms with Crippen LogP contribution in [0.4, 0.5) is 0 Å². The van der Waals surface area contributed by atoms with E-state index in [0.717, 1.165) is 22.2 Å². The Bertz CT molecular complexity index is 526. The molecule has 0 bridgehead atoms. The summed E-state index contributed by atoms with van der Waals surface area (Å²) in [7, 11) is 0. The van der Waals surface area contributed by atoms with Gasteiger partial charge in [0.15, 0.2) is 0 Å². The van der Waals surface area contributed by atoms with Crippen LogP contribution in [0.25, 0.3) is 10.9 Å². The first-order valence-corrected chi connectivity index (χ1v) is 4.98. The molecule has 0 saturated heterocycles. The Morgan fingerprint density at radius 1 is 1.47 bits per heavy atom. The highest BCUT2D eigenvalue weighted by Crippen LogP contribution is 2.25. The highest BCUT2D eigenvalue weighted by molar-refractivity contribution is 6.06. The van der Waals surface area contributed by atoms with Gasteiger partial charge in [-0.05, 0) is 25.0 Å². The second-order valence-electron chi connectivity index (χ2n) is 3.63. The molecule has 0 atom stereocenters. The van der Waals surface area contributed by atoms with Crippen molar-refractivity contribution in [2.45, 2.75) is 20.3 Å². The van der Waals surface area contributed by atoms with Crippen LogP contribution in [0.5, 0.6) is 0 Å². The van der Waals surface area contributed by atoms with Crippen molar-refractivity contribution in [1.29, 1.82) is 0 Å². The molecule has 0 saturated carbocycles. The molecule has 1 heterocycles.